The largest absolute Gasteiger partial charge is 0.317 e. The Labute approximate surface area is 106 Å². The van der Waals surface area contributed by atoms with Gasteiger partial charge in [-0.2, -0.15) is 0 Å². The predicted octanol–water partition coefficient (Wildman–Crippen LogP) is 3.08. The number of pyridine rings is 1. The third-order valence-electron chi connectivity index (χ3n) is 3.20. The molecule has 0 spiro atoms. The van der Waals surface area contributed by atoms with Crippen LogP contribution >= 0.6 is 11.8 Å². The predicted molar refractivity (Wildman–Crippen MR) is 73.5 cm³/mol. The minimum Gasteiger partial charge on any atom is -0.317 e. The van der Waals surface area contributed by atoms with Gasteiger partial charge in [-0.05, 0) is 49.5 Å². The molecule has 1 N–H and O–H groups in total. The molecule has 0 aliphatic carbocycles. The van der Waals surface area contributed by atoms with Crippen LogP contribution in [0.4, 0.5) is 0 Å². The molecule has 1 aromatic heterocycles. The topological polar surface area (TPSA) is 24.9 Å². The fraction of sp³-hybridized carbons (Fsp3) is 0.357. The van der Waals surface area contributed by atoms with Crippen molar-refractivity contribution in [1.82, 2.24) is 10.3 Å². The van der Waals surface area contributed by atoms with Gasteiger partial charge in [0.1, 0.15) is 0 Å². The normalized spacial score (nSPS) is 17.4. The van der Waals surface area contributed by atoms with Gasteiger partial charge in [0.2, 0.25) is 0 Å². The van der Waals surface area contributed by atoms with Crippen LogP contribution < -0.4 is 5.32 Å². The van der Waals surface area contributed by atoms with Gasteiger partial charge in [0, 0.05) is 27.9 Å². The smallest absolute Gasteiger partial charge is 0.0346 e. The Hall–Kier alpha value is -1.06. The molecular weight excluding hydrogens is 228 g/mol. The molecule has 88 valence electrons. The van der Waals surface area contributed by atoms with Crippen molar-refractivity contribution in [2.24, 2.45) is 0 Å². The van der Waals surface area contributed by atoms with Crippen molar-refractivity contribution < 1.29 is 0 Å². The van der Waals surface area contributed by atoms with Crippen LogP contribution in [-0.2, 0) is 0 Å². The lowest BCUT2D eigenvalue weighted by atomic mass is 10.2. The number of hydrogen-bond acceptors (Lipinski definition) is 3. The van der Waals surface area contributed by atoms with Gasteiger partial charge in [-0.3, -0.25) is 4.98 Å². The zero-order chi connectivity index (χ0) is 11.5. The van der Waals surface area contributed by atoms with E-state index >= 15 is 0 Å². The molecule has 2 aromatic rings. The lowest BCUT2D eigenvalue weighted by molar-refractivity contribution is 0.531. The Morgan fingerprint density at radius 3 is 2.88 bits per heavy atom. The number of hydrogen-bond donors (Lipinski definition) is 1. The van der Waals surface area contributed by atoms with E-state index < -0.39 is 0 Å². The highest BCUT2D eigenvalue weighted by molar-refractivity contribution is 8.00. The van der Waals surface area contributed by atoms with Gasteiger partial charge >= 0.3 is 0 Å². The highest BCUT2D eigenvalue weighted by atomic mass is 32.2. The van der Waals surface area contributed by atoms with Gasteiger partial charge in [-0.1, -0.05) is 6.07 Å². The average molecular weight is 244 g/mol. The first-order valence-corrected chi connectivity index (χ1v) is 7.01. The monoisotopic (exact) mass is 244 g/mol. The number of nitrogens with one attached hydrogen (secondary N) is 1. The van der Waals surface area contributed by atoms with Crippen LogP contribution in [0.3, 0.4) is 0 Å². The first kappa shape index (κ1) is 11.1. The summed E-state index contributed by atoms with van der Waals surface area (Å²) < 4.78 is 0. The summed E-state index contributed by atoms with van der Waals surface area (Å²) in [4.78, 5) is 5.55. The van der Waals surface area contributed by atoms with E-state index in [1.54, 1.807) is 0 Å². The first-order chi connectivity index (χ1) is 8.42. The number of benzene rings is 1. The van der Waals surface area contributed by atoms with E-state index in [-0.39, 0.29) is 0 Å². The molecule has 1 fully saturated rings. The summed E-state index contributed by atoms with van der Waals surface area (Å²) in [5.41, 5.74) is 0. The van der Waals surface area contributed by atoms with E-state index in [0.717, 1.165) is 18.3 Å². The summed E-state index contributed by atoms with van der Waals surface area (Å²) in [6.07, 6.45) is 6.34. The molecule has 0 saturated carbocycles. The minimum atomic E-state index is 0.769. The van der Waals surface area contributed by atoms with Crippen LogP contribution in [-0.4, -0.2) is 23.3 Å². The molecule has 1 aliphatic rings. The number of thioether (sulfide) groups is 1. The number of nitrogens with zero attached hydrogens (tertiary/aromatic N) is 1. The molecule has 1 aromatic carbocycles. The Bertz CT molecular complexity index is 506. The molecule has 2 nitrogen and oxygen atoms in total. The molecule has 17 heavy (non-hydrogen) atoms. The van der Waals surface area contributed by atoms with Gasteiger partial charge in [0.25, 0.3) is 0 Å². The van der Waals surface area contributed by atoms with E-state index in [9.17, 15) is 0 Å². The van der Waals surface area contributed by atoms with Crippen molar-refractivity contribution in [2.75, 3.05) is 13.1 Å². The quantitative estimate of drug-likeness (QED) is 0.878. The molecule has 3 rings (SSSR count). The van der Waals surface area contributed by atoms with Crippen molar-refractivity contribution in [1.29, 1.82) is 0 Å². The second-order valence-electron chi connectivity index (χ2n) is 4.45. The molecule has 1 saturated heterocycles. The zero-order valence-corrected chi connectivity index (χ0v) is 10.5. The van der Waals surface area contributed by atoms with Crippen LogP contribution in [0.1, 0.15) is 12.8 Å². The fourth-order valence-electron chi connectivity index (χ4n) is 2.24. The average Bonchev–Trinajstić information content (AvgIpc) is 2.40. The fourth-order valence-corrected chi connectivity index (χ4v) is 3.44. The molecule has 0 radical (unpaired) electrons. The van der Waals surface area contributed by atoms with Gasteiger partial charge in [-0.15, -0.1) is 11.8 Å². The Balaban J connectivity index is 1.80. The van der Waals surface area contributed by atoms with Crippen LogP contribution in [0.25, 0.3) is 10.8 Å². The molecule has 1 aliphatic heterocycles. The van der Waals surface area contributed by atoms with Crippen molar-refractivity contribution in [3.63, 3.8) is 0 Å². The third kappa shape index (κ3) is 2.61. The molecule has 3 heteroatoms. The van der Waals surface area contributed by atoms with Crippen molar-refractivity contribution in [2.45, 2.75) is 23.0 Å². The van der Waals surface area contributed by atoms with Crippen molar-refractivity contribution in [3.05, 3.63) is 36.7 Å². The lowest BCUT2D eigenvalue weighted by Crippen LogP contribution is -2.29. The zero-order valence-electron chi connectivity index (χ0n) is 9.73. The molecule has 0 bridgehead atoms. The van der Waals surface area contributed by atoms with Crippen molar-refractivity contribution in [3.8, 4) is 0 Å². The maximum atomic E-state index is 4.18. The highest BCUT2D eigenvalue weighted by Crippen LogP contribution is 2.30. The highest BCUT2D eigenvalue weighted by Gasteiger charge is 2.14. The van der Waals surface area contributed by atoms with E-state index in [1.807, 2.05) is 24.2 Å². The molecular formula is C14H16N2S. The summed E-state index contributed by atoms with van der Waals surface area (Å²) in [5, 5.41) is 6.69. The third-order valence-corrected chi connectivity index (χ3v) is 4.53. The van der Waals surface area contributed by atoms with Crippen LogP contribution in [0, 0.1) is 0 Å². The molecule has 0 unspecified atom stereocenters. The SMILES string of the molecule is c1cc2ccc(SC3CCNCC3)cc2cn1. The maximum Gasteiger partial charge on any atom is 0.0346 e. The van der Waals surface area contributed by atoms with Gasteiger partial charge in [-0.25, -0.2) is 0 Å². The summed E-state index contributed by atoms with van der Waals surface area (Å²) in [5.74, 6) is 0. The molecule has 2 heterocycles. The standard InChI is InChI=1S/C14H16N2S/c1-2-14(17-13-4-7-15-8-5-13)9-12-10-16-6-3-11(1)12/h1-3,6,9-10,13,15H,4-5,7-8H2. The van der Waals surface area contributed by atoms with Gasteiger partial charge < -0.3 is 5.32 Å². The van der Waals surface area contributed by atoms with Crippen LogP contribution in [0.2, 0.25) is 0 Å². The minimum absolute atomic E-state index is 0.769. The van der Waals surface area contributed by atoms with Gasteiger partial charge in [0.15, 0.2) is 0 Å². The lowest BCUT2D eigenvalue weighted by Gasteiger charge is -2.22. The number of aromatic nitrogens is 1. The van der Waals surface area contributed by atoms with Crippen LogP contribution in [0.15, 0.2) is 41.6 Å². The van der Waals surface area contributed by atoms with E-state index in [0.29, 0.717) is 0 Å². The second kappa shape index (κ2) is 5.07. The second-order valence-corrected chi connectivity index (χ2v) is 5.83. The summed E-state index contributed by atoms with van der Waals surface area (Å²) in [6.45, 7) is 2.32. The van der Waals surface area contributed by atoms with Crippen molar-refractivity contribution >= 4 is 22.5 Å². The number of fused-ring (bicyclic) bond motifs is 1. The van der Waals surface area contributed by atoms with E-state index in [4.69, 9.17) is 0 Å². The number of piperidine rings is 1. The maximum absolute atomic E-state index is 4.18. The Morgan fingerprint density at radius 2 is 2.00 bits per heavy atom. The van der Waals surface area contributed by atoms with E-state index in [1.165, 1.54) is 28.5 Å². The first-order valence-electron chi connectivity index (χ1n) is 6.13. The summed E-state index contributed by atoms with van der Waals surface area (Å²) in [7, 11) is 0. The summed E-state index contributed by atoms with van der Waals surface area (Å²) in [6, 6.07) is 8.75. The van der Waals surface area contributed by atoms with E-state index in [2.05, 4.69) is 34.6 Å². The van der Waals surface area contributed by atoms with Crippen LogP contribution in [0.5, 0.6) is 0 Å². The molecule has 0 atom stereocenters. The Kier molecular flexibility index (Phi) is 3.29. The Morgan fingerprint density at radius 1 is 1.12 bits per heavy atom. The number of rotatable bonds is 2. The molecule has 0 amide bonds. The summed E-state index contributed by atoms with van der Waals surface area (Å²) >= 11 is 2.01. The van der Waals surface area contributed by atoms with Gasteiger partial charge in [0.05, 0.1) is 0 Å².